The summed E-state index contributed by atoms with van der Waals surface area (Å²) in [4.78, 5) is 4.36. The van der Waals surface area contributed by atoms with Gasteiger partial charge in [-0.3, -0.25) is 0 Å². The summed E-state index contributed by atoms with van der Waals surface area (Å²) in [5.74, 6) is 0.334. The Morgan fingerprint density at radius 3 is 2.36 bits per heavy atom. The molecule has 0 saturated carbocycles. The Bertz CT molecular complexity index is 855. The van der Waals surface area contributed by atoms with Crippen LogP contribution >= 0.6 is 11.6 Å². The second kappa shape index (κ2) is 6.59. The Hall–Kier alpha value is -1.63. The molecule has 1 aromatic carbocycles. The molecule has 1 aliphatic heterocycles. The lowest BCUT2D eigenvalue weighted by Crippen LogP contribution is -2.56. The zero-order chi connectivity index (χ0) is 18.2. The summed E-state index contributed by atoms with van der Waals surface area (Å²) in [5, 5.41) is 0.418. The first-order valence-corrected chi connectivity index (χ1v) is 9.87. The van der Waals surface area contributed by atoms with Crippen LogP contribution in [0.15, 0.2) is 47.5 Å². The van der Waals surface area contributed by atoms with Crippen LogP contribution in [0.4, 0.5) is 0 Å². The van der Waals surface area contributed by atoms with Crippen LogP contribution in [0.2, 0.25) is 5.02 Å². The number of nitrogens with zero attached hydrogens (tertiary/aromatic N) is 2. The third-order valence-electron chi connectivity index (χ3n) is 4.18. The van der Waals surface area contributed by atoms with Gasteiger partial charge in [-0.25, -0.2) is 13.4 Å². The maximum absolute atomic E-state index is 12.7. The van der Waals surface area contributed by atoms with Crippen LogP contribution in [0, 0.1) is 0 Å². The summed E-state index contributed by atoms with van der Waals surface area (Å²) < 4.78 is 32.4. The highest BCUT2D eigenvalue weighted by molar-refractivity contribution is 7.89. The SMILES string of the molecule is CC(C)(C)c1ccc(S(=O)(=O)N2CC(Oc3ncccc3Cl)C2)cc1. The normalized spacial score (nSPS) is 16.5. The van der Waals surface area contributed by atoms with E-state index in [0.717, 1.165) is 5.56 Å². The molecule has 0 amide bonds. The highest BCUT2D eigenvalue weighted by Crippen LogP contribution is 2.29. The van der Waals surface area contributed by atoms with E-state index >= 15 is 0 Å². The third kappa shape index (κ3) is 3.81. The minimum atomic E-state index is -3.50. The number of hydrogen-bond donors (Lipinski definition) is 0. The Balaban J connectivity index is 1.66. The van der Waals surface area contributed by atoms with E-state index in [1.54, 1.807) is 30.5 Å². The van der Waals surface area contributed by atoms with E-state index in [0.29, 0.717) is 15.8 Å². The molecule has 1 fully saturated rings. The number of hydrogen-bond acceptors (Lipinski definition) is 4. The third-order valence-corrected chi connectivity index (χ3v) is 6.31. The zero-order valence-electron chi connectivity index (χ0n) is 14.4. The lowest BCUT2D eigenvalue weighted by Gasteiger charge is -2.37. The van der Waals surface area contributed by atoms with E-state index < -0.39 is 10.0 Å². The Kier molecular flexibility index (Phi) is 4.79. The molecule has 3 rings (SSSR count). The Morgan fingerprint density at radius 2 is 1.80 bits per heavy atom. The smallest absolute Gasteiger partial charge is 0.243 e. The van der Waals surface area contributed by atoms with Gasteiger partial charge >= 0.3 is 0 Å². The first-order chi connectivity index (χ1) is 11.7. The van der Waals surface area contributed by atoms with Gasteiger partial charge in [-0.15, -0.1) is 0 Å². The van der Waals surface area contributed by atoms with Crippen molar-refractivity contribution in [2.75, 3.05) is 13.1 Å². The molecular weight excluding hydrogens is 360 g/mol. The van der Waals surface area contributed by atoms with E-state index in [4.69, 9.17) is 16.3 Å². The summed E-state index contributed by atoms with van der Waals surface area (Å²) in [6.07, 6.45) is 1.35. The van der Waals surface area contributed by atoms with Gasteiger partial charge in [-0.1, -0.05) is 44.5 Å². The lowest BCUT2D eigenvalue weighted by atomic mass is 9.87. The van der Waals surface area contributed by atoms with E-state index in [1.165, 1.54) is 4.31 Å². The molecule has 25 heavy (non-hydrogen) atoms. The van der Waals surface area contributed by atoms with Crippen molar-refractivity contribution in [1.29, 1.82) is 0 Å². The summed E-state index contributed by atoms with van der Waals surface area (Å²) in [6.45, 7) is 6.86. The molecule has 0 radical (unpaired) electrons. The zero-order valence-corrected chi connectivity index (χ0v) is 16.0. The predicted molar refractivity (Wildman–Crippen MR) is 97.6 cm³/mol. The number of sulfonamides is 1. The first-order valence-electron chi connectivity index (χ1n) is 8.06. The van der Waals surface area contributed by atoms with Crippen LogP contribution in [-0.2, 0) is 15.4 Å². The van der Waals surface area contributed by atoms with Crippen LogP contribution in [0.1, 0.15) is 26.3 Å². The van der Waals surface area contributed by atoms with E-state index in [9.17, 15) is 8.42 Å². The molecule has 1 aromatic heterocycles. The molecule has 0 spiro atoms. The van der Waals surface area contributed by atoms with E-state index in [-0.39, 0.29) is 24.6 Å². The molecule has 1 aliphatic rings. The van der Waals surface area contributed by atoms with E-state index in [2.05, 4.69) is 25.8 Å². The fourth-order valence-corrected chi connectivity index (χ4v) is 4.23. The average molecular weight is 381 g/mol. The predicted octanol–water partition coefficient (Wildman–Crippen LogP) is 3.48. The number of halogens is 1. The van der Waals surface area contributed by atoms with Crippen molar-refractivity contribution in [3.05, 3.63) is 53.2 Å². The largest absolute Gasteiger partial charge is 0.470 e. The molecule has 0 unspecified atom stereocenters. The molecule has 5 nitrogen and oxygen atoms in total. The molecule has 0 aliphatic carbocycles. The fourth-order valence-electron chi connectivity index (χ4n) is 2.56. The molecule has 7 heteroatoms. The van der Waals surface area contributed by atoms with Gasteiger partial charge in [0.1, 0.15) is 11.1 Å². The van der Waals surface area contributed by atoms with Crippen LogP contribution < -0.4 is 4.74 Å². The molecular formula is C18H21ClN2O3S. The lowest BCUT2D eigenvalue weighted by molar-refractivity contribution is 0.0722. The summed E-state index contributed by atoms with van der Waals surface area (Å²) in [7, 11) is -3.50. The molecule has 0 N–H and O–H groups in total. The van der Waals surface area contributed by atoms with Gasteiger partial charge < -0.3 is 4.74 Å². The van der Waals surface area contributed by atoms with Crippen molar-refractivity contribution >= 4 is 21.6 Å². The number of benzene rings is 1. The molecule has 1 saturated heterocycles. The van der Waals surface area contributed by atoms with Crippen LogP contribution in [-0.4, -0.2) is 36.9 Å². The van der Waals surface area contributed by atoms with Crippen molar-refractivity contribution in [3.8, 4) is 5.88 Å². The molecule has 0 bridgehead atoms. The minimum Gasteiger partial charge on any atom is -0.470 e. The first kappa shape index (κ1) is 18.2. The number of aromatic nitrogens is 1. The van der Waals surface area contributed by atoms with Crippen molar-refractivity contribution in [2.24, 2.45) is 0 Å². The second-order valence-corrected chi connectivity index (χ2v) is 9.47. The van der Waals surface area contributed by atoms with Gasteiger partial charge in [0.25, 0.3) is 0 Å². The van der Waals surface area contributed by atoms with E-state index in [1.807, 2.05) is 12.1 Å². The molecule has 2 heterocycles. The molecule has 134 valence electrons. The molecule has 0 atom stereocenters. The van der Waals surface area contributed by atoms with Gasteiger partial charge in [-0.2, -0.15) is 4.31 Å². The molecule has 2 aromatic rings. The average Bonchev–Trinajstić information content (AvgIpc) is 2.51. The van der Waals surface area contributed by atoms with Crippen molar-refractivity contribution in [3.63, 3.8) is 0 Å². The van der Waals surface area contributed by atoms with Gasteiger partial charge in [0.2, 0.25) is 15.9 Å². The van der Waals surface area contributed by atoms with Crippen LogP contribution in [0.5, 0.6) is 5.88 Å². The highest BCUT2D eigenvalue weighted by Gasteiger charge is 2.38. The van der Waals surface area contributed by atoms with Gasteiger partial charge in [0.05, 0.1) is 18.0 Å². The summed E-state index contributed by atoms with van der Waals surface area (Å²) in [6, 6.07) is 10.5. The summed E-state index contributed by atoms with van der Waals surface area (Å²) in [5.41, 5.74) is 1.08. The maximum Gasteiger partial charge on any atom is 0.243 e. The van der Waals surface area contributed by atoms with Crippen LogP contribution in [0.3, 0.4) is 0 Å². The Morgan fingerprint density at radius 1 is 1.16 bits per heavy atom. The number of pyridine rings is 1. The maximum atomic E-state index is 12.7. The van der Waals surface area contributed by atoms with Gasteiger partial charge in [0, 0.05) is 6.20 Å². The van der Waals surface area contributed by atoms with Crippen molar-refractivity contribution in [2.45, 2.75) is 37.2 Å². The number of rotatable bonds is 4. The summed E-state index contributed by atoms with van der Waals surface area (Å²) >= 11 is 6.00. The Labute approximate surface area is 153 Å². The van der Waals surface area contributed by atoms with Gasteiger partial charge in [-0.05, 0) is 35.2 Å². The second-order valence-electron chi connectivity index (χ2n) is 7.13. The topological polar surface area (TPSA) is 59.5 Å². The fraction of sp³-hybridized carbons (Fsp3) is 0.389. The quantitative estimate of drug-likeness (QED) is 0.814. The highest BCUT2D eigenvalue weighted by atomic mass is 35.5. The standard InChI is InChI=1S/C18H21ClN2O3S/c1-18(2,3)13-6-8-15(9-7-13)25(22,23)21-11-14(12-21)24-17-16(19)5-4-10-20-17/h4-10,14H,11-12H2,1-3H3. The number of ether oxygens (including phenoxy) is 1. The van der Waals surface area contributed by atoms with Crippen LogP contribution in [0.25, 0.3) is 0 Å². The van der Waals surface area contributed by atoms with Crippen molar-refractivity contribution in [1.82, 2.24) is 9.29 Å². The van der Waals surface area contributed by atoms with Gasteiger partial charge in [0.15, 0.2) is 0 Å². The van der Waals surface area contributed by atoms with Crippen molar-refractivity contribution < 1.29 is 13.2 Å². The minimum absolute atomic E-state index is 0.0140. The monoisotopic (exact) mass is 380 g/mol.